The molecule has 3 atom stereocenters. The third-order valence-electron chi connectivity index (χ3n) is 4.76. The number of likely N-dealkylation sites (tertiary alicyclic amines) is 1. The van der Waals surface area contributed by atoms with Gasteiger partial charge >= 0.3 is 12.0 Å². The van der Waals surface area contributed by atoms with E-state index in [1.54, 1.807) is 4.90 Å². The van der Waals surface area contributed by atoms with E-state index in [1.807, 2.05) is 4.90 Å². The lowest BCUT2D eigenvalue weighted by molar-refractivity contribution is -0.143. The molecular formula is C14H22N2O4. The van der Waals surface area contributed by atoms with Crippen molar-refractivity contribution in [3.63, 3.8) is 0 Å². The van der Waals surface area contributed by atoms with Gasteiger partial charge in [-0.25, -0.2) is 9.59 Å². The molecule has 112 valence electrons. The molecule has 3 aliphatic rings. The largest absolute Gasteiger partial charge is 0.480 e. The fourth-order valence-electron chi connectivity index (χ4n) is 3.75. The SMILES string of the molecule is O=C(O)C1CCCCN1C(=O)N1CCOC2CCCC21. The minimum atomic E-state index is -0.880. The lowest BCUT2D eigenvalue weighted by atomic mass is 10.0. The fourth-order valence-corrected chi connectivity index (χ4v) is 3.75. The Balaban J connectivity index is 1.74. The van der Waals surface area contributed by atoms with Gasteiger partial charge in [0.05, 0.1) is 18.8 Å². The maximum Gasteiger partial charge on any atom is 0.326 e. The summed E-state index contributed by atoms with van der Waals surface area (Å²) in [7, 11) is 0. The molecule has 3 unspecified atom stereocenters. The van der Waals surface area contributed by atoms with Gasteiger partial charge in [-0.15, -0.1) is 0 Å². The number of hydrogen-bond acceptors (Lipinski definition) is 3. The summed E-state index contributed by atoms with van der Waals surface area (Å²) < 4.78 is 5.72. The van der Waals surface area contributed by atoms with Crippen LogP contribution in [0, 0.1) is 0 Å². The molecule has 6 heteroatoms. The van der Waals surface area contributed by atoms with Crippen molar-refractivity contribution in [3.8, 4) is 0 Å². The summed E-state index contributed by atoms with van der Waals surface area (Å²) in [5.74, 6) is -0.880. The average molecular weight is 282 g/mol. The van der Waals surface area contributed by atoms with Crippen LogP contribution in [0.5, 0.6) is 0 Å². The Kier molecular flexibility index (Phi) is 3.83. The van der Waals surface area contributed by atoms with Crippen molar-refractivity contribution in [1.82, 2.24) is 9.80 Å². The summed E-state index contributed by atoms with van der Waals surface area (Å²) in [5.41, 5.74) is 0. The maximum absolute atomic E-state index is 12.7. The molecule has 0 aromatic carbocycles. The van der Waals surface area contributed by atoms with Crippen molar-refractivity contribution in [2.45, 2.75) is 56.7 Å². The van der Waals surface area contributed by atoms with E-state index in [0.717, 1.165) is 32.1 Å². The number of ether oxygens (including phenoxy) is 1. The first-order chi connectivity index (χ1) is 9.68. The van der Waals surface area contributed by atoms with Gasteiger partial charge in [-0.1, -0.05) is 0 Å². The van der Waals surface area contributed by atoms with Crippen LogP contribution in [0.4, 0.5) is 4.79 Å². The number of rotatable bonds is 1. The van der Waals surface area contributed by atoms with Gasteiger partial charge < -0.3 is 19.6 Å². The second-order valence-electron chi connectivity index (χ2n) is 5.93. The summed E-state index contributed by atoms with van der Waals surface area (Å²) in [6.45, 7) is 1.71. The van der Waals surface area contributed by atoms with E-state index in [2.05, 4.69) is 0 Å². The first kappa shape index (κ1) is 13.7. The monoisotopic (exact) mass is 282 g/mol. The Morgan fingerprint density at radius 3 is 2.65 bits per heavy atom. The highest BCUT2D eigenvalue weighted by Gasteiger charge is 2.42. The summed E-state index contributed by atoms with van der Waals surface area (Å²) in [4.78, 5) is 27.5. The maximum atomic E-state index is 12.7. The third-order valence-corrected chi connectivity index (χ3v) is 4.76. The smallest absolute Gasteiger partial charge is 0.326 e. The van der Waals surface area contributed by atoms with Gasteiger partial charge in [0.25, 0.3) is 0 Å². The molecular weight excluding hydrogens is 260 g/mol. The number of aliphatic carboxylic acids is 1. The summed E-state index contributed by atoms with van der Waals surface area (Å²) in [5, 5.41) is 9.31. The second-order valence-corrected chi connectivity index (χ2v) is 5.93. The molecule has 0 aromatic rings. The van der Waals surface area contributed by atoms with Crippen LogP contribution in [0.25, 0.3) is 0 Å². The average Bonchev–Trinajstić information content (AvgIpc) is 2.94. The van der Waals surface area contributed by atoms with Crippen molar-refractivity contribution in [2.75, 3.05) is 19.7 Å². The predicted octanol–water partition coefficient (Wildman–Crippen LogP) is 1.30. The molecule has 0 bridgehead atoms. The van der Waals surface area contributed by atoms with Crippen molar-refractivity contribution in [3.05, 3.63) is 0 Å². The van der Waals surface area contributed by atoms with Crippen molar-refractivity contribution in [1.29, 1.82) is 0 Å². The molecule has 6 nitrogen and oxygen atoms in total. The minimum absolute atomic E-state index is 0.0997. The predicted molar refractivity (Wildman–Crippen MR) is 71.5 cm³/mol. The Bertz CT molecular complexity index is 401. The van der Waals surface area contributed by atoms with Crippen LogP contribution >= 0.6 is 0 Å². The van der Waals surface area contributed by atoms with Crippen LogP contribution in [0.2, 0.25) is 0 Å². The van der Waals surface area contributed by atoms with Gasteiger partial charge in [-0.2, -0.15) is 0 Å². The zero-order chi connectivity index (χ0) is 14.1. The number of carbonyl (C=O) groups excluding carboxylic acids is 1. The number of nitrogens with zero attached hydrogens (tertiary/aromatic N) is 2. The first-order valence-corrected chi connectivity index (χ1v) is 7.60. The quantitative estimate of drug-likeness (QED) is 0.787. The second kappa shape index (κ2) is 5.60. The molecule has 0 spiro atoms. The molecule has 2 saturated heterocycles. The van der Waals surface area contributed by atoms with Crippen molar-refractivity contribution in [2.24, 2.45) is 0 Å². The summed E-state index contributed by atoms with van der Waals surface area (Å²) >= 11 is 0. The molecule has 0 radical (unpaired) electrons. The summed E-state index contributed by atoms with van der Waals surface area (Å²) in [6, 6.07) is -0.608. The molecule has 2 aliphatic heterocycles. The summed E-state index contributed by atoms with van der Waals surface area (Å²) in [6.07, 6.45) is 5.57. The first-order valence-electron chi connectivity index (χ1n) is 7.60. The van der Waals surface area contributed by atoms with E-state index < -0.39 is 12.0 Å². The van der Waals surface area contributed by atoms with Gasteiger partial charge in [0.15, 0.2) is 0 Å². The van der Waals surface area contributed by atoms with Gasteiger partial charge in [-0.05, 0) is 38.5 Å². The molecule has 1 N–H and O–H groups in total. The Morgan fingerprint density at radius 2 is 1.85 bits per heavy atom. The molecule has 3 rings (SSSR count). The van der Waals surface area contributed by atoms with Crippen LogP contribution in [-0.2, 0) is 9.53 Å². The number of urea groups is 1. The van der Waals surface area contributed by atoms with Gasteiger partial charge in [0, 0.05) is 13.1 Å². The zero-order valence-corrected chi connectivity index (χ0v) is 11.7. The zero-order valence-electron chi connectivity index (χ0n) is 11.7. The molecule has 2 heterocycles. The lowest BCUT2D eigenvalue weighted by Crippen LogP contribution is -2.59. The Morgan fingerprint density at radius 1 is 1.00 bits per heavy atom. The van der Waals surface area contributed by atoms with Gasteiger partial charge in [0.2, 0.25) is 0 Å². The standard InChI is InChI=1S/C14H22N2O4/c17-13(18)11-4-1-2-7-15(11)14(19)16-8-9-20-12-6-3-5-10(12)16/h10-12H,1-9H2,(H,17,18). The lowest BCUT2D eigenvalue weighted by Gasteiger charge is -2.43. The van der Waals surface area contributed by atoms with Crippen LogP contribution in [0.3, 0.4) is 0 Å². The van der Waals surface area contributed by atoms with E-state index in [4.69, 9.17) is 4.74 Å². The number of piperidine rings is 1. The number of morpholine rings is 1. The van der Waals surface area contributed by atoms with Gasteiger partial charge in [-0.3, -0.25) is 0 Å². The minimum Gasteiger partial charge on any atom is -0.480 e. The molecule has 2 amide bonds. The van der Waals surface area contributed by atoms with Crippen LogP contribution in [-0.4, -0.2) is 64.8 Å². The van der Waals surface area contributed by atoms with Crippen LogP contribution < -0.4 is 0 Å². The number of amides is 2. The van der Waals surface area contributed by atoms with E-state index in [0.29, 0.717) is 26.1 Å². The number of carboxylic acid groups (broad SMARTS) is 1. The number of carbonyl (C=O) groups is 2. The highest BCUT2D eigenvalue weighted by Crippen LogP contribution is 2.31. The van der Waals surface area contributed by atoms with E-state index in [-0.39, 0.29) is 18.2 Å². The topological polar surface area (TPSA) is 70.1 Å². The highest BCUT2D eigenvalue weighted by molar-refractivity contribution is 5.83. The van der Waals surface area contributed by atoms with Crippen molar-refractivity contribution >= 4 is 12.0 Å². The molecule has 1 aliphatic carbocycles. The van der Waals surface area contributed by atoms with Crippen LogP contribution in [0.15, 0.2) is 0 Å². The highest BCUT2D eigenvalue weighted by atomic mass is 16.5. The Hall–Kier alpha value is -1.30. The number of fused-ring (bicyclic) bond motifs is 1. The van der Waals surface area contributed by atoms with E-state index >= 15 is 0 Å². The van der Waals surface area contributed by atoms with E-state index in [9.17, 15) is 14.7 Å². The number of carboxylic acids is 1. The molecule has 0 aromatic heterocycles. The Labute approximate surface area is 118 Å². The normalized spacial score (nSPS) is 33.9. The third kappa shape index (κ3) is 2.37. The molecule has 1 saturated carbocycles. The molecule has 3 fully saturated rings. The van der Waals surface area contributed by atoms with E-state index in [1.165, 1.54) is 0 Å². The number of hydrogen-bond donors (Lipinski definition) is 1. The van der Waals surface area contributed by atoms with Crippen LogP contribution in [0.1, 0.15) is 38.5 Å². The van der Waals surface area contributed by atoms with Gasteiger partial charge in [0.1, 0.15) is 6.04 Å². The fraction of sp³-hybridized carbons (Fsp3) is 0.857. The van der Waals surface area contributed by atoms with Crippen molar-refractivity contribution < 1.29 is 19.4 Å². The molecule has 20 heavy (non-hydrogen) atoms.